The Labute approximate surface area is 157 Å². The van der Waals surface area contributed by atoms with Crippen molar-refractivity contribution in [3.8, 4) is 10.4 Å². The van der Waals surface area contributed by atoms with Gasteiger partial charge >= 0.3 is 6.18 Å². The van der Waals surface area contributed by atoms with Gasteiger partial charge in [0.15, 0.2) is 0 Å². The third-order valence-corrected chi connectivity index (χ3v) is 5.01. The lowest BCUT2D eigenvalue weighted by Crippen LogP contribution is -2.10. The van der Waals surface area contributed by atoms with Crippen molar-refractivity contribution in [3.05, 3.63) is 53.4 Å². The lowest BCUT2D eigenvalue weighted by Gasteiger charge is -2.09. The fraction of sp³-hybridized carbons (Fsp3) is 0.222. The van der Waals surface area contributed by atoms with Gasteiger partial charge in [-0.1, -0.05) is 12.1 Å². The summed E-state index contributed by atoms with van der Waals surface area (Å²) in [5, 5.41) is 3.98. The number of carbonyl (C=O) groups excluding carboxylic acids is 1. The molecule has 0 radical (unpaired) electrons. The molecule has 0 spiro atoms. The molecule has 2 heterocycles. The average molecular weight is 392 g/mol. The third-order valence-electron chi connectivity index (χ3n) is 3.80. The number of benzene rings is 1. The number of aromatic nitrogens is 3. The van der Waals surface area contributed by atoms with Gasteiger partial charge in [-0.3, -0.25) is 0 Å². The Kier molecular flexibility index (Phi) is 5.50. The fourth-order valence-corrected chi connectivity index (χ4v) is 3.48. The first kappa shape index (κ1) is 19.0. The Hall–Kier alpha value is -2.81. The number of anilines is 2. The van der Waals surface area contributed by atoms with Gasteiger partial charge in [-0.25, -0.2) is 15.0 Å². The van der Waals surface area contributed by atoms with E-state index in [2.05, 4.69) is 20.3 Å². The fourth-order valence-electron chi connectivity index (χ4n) is 2.40. The molecular weight excluding hydrogens is 377 g/mol. The maximum atomic E-state index is 12.7. The van der Waals surface area contributed by atoms with Crippen LogP contribution in [0, 0.1) is 0 Å². The van der Waals surface area contributed by atoms with E-state index in [1.54, 1.807) is 17.4 Å². The number of thiazole rings is 1. The van der Waals surface area contributed by atoms with E-state index in [0.29, 0.717) is 11.6 Å². The van der Waals surface area contributed by atoms with Crippen LogP contribution in [0.2, 0.25) is 0 Å². The summed E-state index contributed by atoms with van der Waals surface area (Å²) in [7, 11) is 0. The first-order valence-corrected chi connectivity index (χ1v) is 8.83. The molecule has 1 saturated carbocycles. The Bertz CT molecular complexity index is 925. The second-order valence-electron chi connectivity index (χ2n) is 5.81. The Morgan fingerprint density at radius 1 is 1.15 bits per heavy atom. The predicted octanol–water partition coefficient (Wildman–Crippen LogP) is 5.06. The van der Waals surface area contributed by atoms with Crippen LogP contribution in [0.5, 0.6) is 0 Å². The molecule has 0 amide bonds. The van der Waals surface area contributed by atoms with E-state index in [1.165, 1.54) is 12.8 Å². The van der Waals surface area contributed by atoms with Crippen molar-refractivity contribution < 1.29 is 18.0 Å². The number of hydrogen-bond acceptors (Lipinski definition) is 6. The van der Waals surface area contributed by atoms with Crippen LogP contribution in [0.1, 0.15) is 29.5 Å². The zero-order valence-corrected chi connectivity index (χ0v) is 14.8. The molecule has 0 aliphatic heterocycles. The molecule has 1 N–H and O–H groups in total. The van der Waals surface area contributed by atoms with Gasteiger partial charge < -0.3 is 10.1 Å². The molecule has 0 saturated heterocycles. The van der Waals surface area contributed by atoms with E-state index in [4.69, 9.17) is 4.79 Å². The molecule has 27 heavy (non-hydrogen) atoms. The summed E-state index contributed by atoms with van der Waals surface area (Å²) in [4.78, 5) is 20.9. The summed E-state index contributed by atoms with van der Waals surface area (Å²) in [6.07, 6.45) is 0.831. The number of rotatable bonds is 4. The van der Waals surface area contributed by atoms with Crippen LogP contribution in [0.15, 0.2) is 42.7 Å². The summed E-state index contributed by atoms with van der Waals surface area (Å²) >= 11 is 1.66. The van der Waals surface area contributed by atoms with Gasteiger partial charge in [0.05, 0.1) is 9.88 Å². The highest BCUT2D eigenvalue weighted by molar-refractivity contribution is 7.15. The van der Waals surface area contributed by atoms with E-state index < -0.39 is 11.9 Å². The van der Waals surface area contributed by atoms with E-state index in [-0.39, 0.29) is 5.95 Å². The Morgan fingerprint density at radius 2 is 1.93 bits per heavy atom. The quantitative estimate of drug-likeness (QED) is 0.673. The van der Waals surface area contributed by atoms with Crippen molar-refractivity contribution >= 4 is 29.8 Å². The van der Waals surface area contributed by atoms with Gasteiger partial charge in [0.25, 0.3) is 0 Å². The number of carbonyl (C=O) groups is 1. The van der Waals surface area contributed by atoms with E-state index in [0.717, 1.165) is 27.7 Å². The molecule has 0 bridgehead atoms. The highest BCUT2D eigenvalue weighted by Crippen LogP contribution is 2.43. The molecule has 1 aliphatic carbocycles. The number of nitrogens with zero attached hydrogens (tertiary/aromatic N) is 3. The number of alkyl halides is 3. The van der Waals surface area contributed by atoms with Gasteiger partial charge in [-0.15, -0.1) is 11.3 Å². The van der Waals surface area contributed by atoms with Crippen LogP contribution in [-0.2, 0) is 11.0 Å². The molecule has 1 aliphatic rings. The van der Waals surface area contributed by atoms with Crippen molar-refractivity contribution in [2.75, 3.05) is 5.32 Å². The molecule has 9 heteroatoms. The van der Waals surface area contributed by atoms with Crippen molar-refractivity contribution in [2.45, 2.75) is 24.9 Å². The lowest BCUT2D eigenvalue weighted by atomic mass is 10.2. The van der Waals surface area contributed by atoms with Crippen molar-refractivity contribution in [2.24, 2.45) is 0 Å². The third kappa shape index (κ3) is 4.68. The Morgan fingerprint density at radius 3 is 2.63 bits per heavy atom. The van der Waals surface area contributed by atoms with Gasteiger partial charge in [0.1, 0.15) is 12.5 Å². The molecule has 0 atom stereocenters. The van der Waals surface area contributed by atoms with Crippen LogP contribution in [-0.4, -0.2) is 21.7 Å². The Balaban J connectivity index is 0.00000102. The maximum Gasteiger partial charge on any atom is 0.433 e. The topological polar surface area (TPSA) is 67.8 Å². The van der Waals surface area contributed by atoms with Gasteiger partial charge in [0, 0.05) is 24.0 Å². The summed E-state index contributed by atoms with van der Waals surface area (Å²) in [6.45, 7) is 2.00. The smallest absolute Gasteiger partial charge is 0.324 e. The minimum absolute atomic E-state index is 0.0880. The van der Waals surface area contributed by atoms with Gasteiger partial charge in [-0.2, -0.15) is 13.2 Å². The first-order valence-electron chi connectivity index (χ1n) is 8.01. The molecule has 1 fully saturated rings. The predicted molar refractivity (Wildman–Crippen MR) is 97.0 cm³/mol. The van der Waals surface area contributed by atoms with Crippen LogP contribution >= 0.6 is 11.3 Å². The molecule has 2 aromatic heterocycles. The second-order valence-corrected chi connectivity index (χ2v) is 6.87. The molecule has 3 aromatic rings. The molecule has 0 unspecified atom stereocenters. The molecule has 4 rings (SSSR count). The normalized spacial score (nSPS) is 13.6. The largest absolute Gasteiger partial charge is 0.433 e. The summed E-state index contributed by atoms with van der Waals surface area (Å²) in [6, 6.07) is 8.24. The number of hydrogen-bond donors (Lipinski definition) is 1. The molecule has 1 aromatic carbocycles. The standard InChI is InChI=1S/C17H13F3N4S.CH2O/c18-17(19,20)14-6-7-21-16(24-14)23-12-3-1-2-11(8-12)13-9-22-15(25-13)10-4-5-10;1-2/h1-3,6-10H,4-5H2,(H,21,23,24);1H2. The maximum absolute atomic E-state index is 12.7. The zero-order valence-electron chi connectivity index (χ0n) is 14.0. The van der Waals surface area contributed by atoms with E-state index >= 15 is 0 Å². The van der Waals surface area contributed by atoms with Crippen LogP contribution < -0.4 is 5.32 Å². The van der Waals surface area contributed by atoms with Crippen molar-refractivity contribution in [1.82, 2.24) is 15.0 Å². The van der Waals surface area contributed by atoms with Crippen LogP contribution in [0.3, 0.4) is 0 Å². The van der Waals surface area contributed by atoms with E-state index in [9.17, 15) is 13.2 Å². The summed E-state index contributed by atoms with van der Waals surface area (Å²) < 4.78 is 38.2. The van der Waals surface area contributed by atoms with Crippen molar-refractivity contribution in [1.29, 1.82) is 0 Å². The second kappa shape index (κ2) is 7.83. The van der Waals surface area contributed by atoms with E-state index in [1.807, 2.05) is 31.2 Å². The molecular formula is C18H15F3N4OS. The SMILES string of the molecule is C=O.FC(F)(F)c1ccnc(Nc2cccc(-c3cnc(C4CC4)s3)c2)n1. The van der Waals surface area contributed by atoms with Crippen molar-refractivity contribution in [3.63, 3.8) is 0 Å². The highest BCUT2D eigenvalue weighted by atomic mass is 32.1. The minimum Gasteiger partial charge on any atom is -0.324 e. The van der Waals surface area contributed by atoms with Crippen LogP contribution in [0.4, 0.5) is 24.8 Å². The zero-order chi connectivity index (χ0) is 19.4. The number of nitrogens with one attached hydrogen (secondary N) is 1. The summed E-state index contributed by atoms with van der Waals surface area (Å²) in [5.41, 5.74) is 0.609. The summed E-state index contributed by atoms with van der Waals surface area (Å²) in [5.74, 6) is 0.508. The molecule has 140 valence electrons. The van der Waals surface area contributed by atoms with Gasteiger partial charge in [-0.05, 0) is 36.6 Å². The lowest BCUT2D eigenvalue weighted by molar-refractivity contribution is -0.141. The monoisotopic (exact) mass is 392 g/mol. The number of halogens is 3. The van der Waals surface area contributed by atoms with Gasteiger partial charge in [0.2, 0.25) is 5.95 Å². The highest BCUT2D eigenvalue weighted by Gasteiger charge is 2.32. The average Bonchev–Trinajstić information content (AvgIpc) is 3.40. The molecule has 5 nitrogen and oxygen atoms in total. The first-order chi connectivity index (χ1) is 13.0. The van der Waals surface area contributed by atoms with Crippen LogP contribution in [0.25, 0.3) is 10.4 Å². The minimum atomic E-state index is -4.50.